The van der Waals surface area contributed by atoms with E-state index in [0.29, 0.717) is 10.8 Å². The summed E-state index contributed by atoms with van der Waals surface area (Å²) < 4.78 is 0. The Labute approximate surface area is 188 Å². The van der Waals surface area contributed by atoms with Crippen LogP contribution in [0.4, 0.5) is 0 Å². The largest absolute Gasteiger partial charge is 0.393 e. The van der Waals surface area contributed by atoms with Crippen molar-refractivity contribution in [2.45, 2.75) is 125 Å². The number of hydrogen-bond donors (Lipinski definition) is 1. The first-order valence-electron chi connectivity index (χ1n) is 13.9. The molecule has 4 fully saturated rings. The molecular weight excluding hydrogens is 364 g/mol. The Morgan fingerprint density at radius 3 is 2.23 bits per heavy atom. The van der Waals surface area contributed by atoms with Crippen LogP contribution in [-0.2, 0) is 0 Å². The third-order valence-corrected chi connectivity index (χ3v) is 11.9. The fraction of sp³-hybridized carbons (Fsp3) is 1.00. The van der Waals surface area contributed by atoms with Crippen LogP contribution >= 0.6 is 0 Å². The average molecular weight is 417 g/mol. The van der Waals surface area contributed by atoms with E-state index in [0.717, 1.165) is 60.2 Å². The molecule has 0 unspecified atom stereocenters. The number of aliphatic hydroxyl groups is 1. The second-order valence-corrected chi connectivity index (χ2v) is 13.3. The molecule has 10 atom stereocenters. The van der Waals surface area contributed by atoms with Crippen molar-refractivity contribution in [3.05, 3.63) is 0 Å². The van der Waals surface area contributed by atoms with Crippen LogP contribution in [0.1, 0.15) is 119 Å². The molecule has 4 saturated carbocycles. The summed E-state index contributed by atoms with van der Waals surface area (Å²) >= 11 is 0. The van der Waals surface area contributed by atoms with Gasteiger partial charge >= 0.3 is 0 Å². The molecule has 4 aliphatic rings. The minimum absolute atomic E-state index is 0.0111. The van der Waals surface area contributed by atoms with Gasteiger partial charge in [-0.1, -0.05) is 54.4 Å². The standard InChI is InChI=1S/C29H52O/c1-7-21(19(2)3)9-8-20(4)25-12-13-26-24-11-10-22-18-23(30)14-16-28(22,5)27(24)15-17-29(25,26)6/h19-27,30H,7-18H2,1-6H3/t20-,21+,22-,23+,24-,25-,26+,27+,28-,29-/m0/s1. The maximum Gasteiger partial charge on any atom is 0.0543 e. The van der Waals surface area contributed by atoms with E-state index >= 15 is 0 Å². The molecule has 0 heterocycles. The molecule has 0 bridgehead atoms. The molecule has 0 spiro atoms. The lowest BCUT2D eigenvalue weighted by Gasteiger charge is -2.61. The summed E-state index contributed by atoms with van der Waals surface area (Å²) in [6.07, 6.45) is 16.5. The second-order valence-electron chi connectivity index (χ2n) is 13.3. The summed E-state index contributed by atoms with van der Waals surface area (Å²) in [7, 11) is 0. The predicted octanol–water partition coefficient (Wildman–Crippen LogP) is 8.10. The first-order valence-corrected chi connectivity index (χ1v) is 13.9. The van der Waals surface area contributed by atoms with E-state index in [1.807, 2.05) is 0 Å². The van der Waals surface area contributed by atoms with Crippen molar-refractivity contribution in [2.24, 2.45) is 58.2 Å². The molecule has 0 amide bonds. The Balaban J connectivity index is 1.45. The quantitative estimate of drug-likeness (QED) is 0.463. The molecule has 0 saturated heterocycles. The lowest BCUT2D eigenvalue weighted by molar-refractivity contribution is -0.129. The first-order chi connectivity index (χ1) is 14.2. The van der Waals surface area contributed by atoms with Gasteiger partial charge < -0.3 is 5.11 Å². The minimum atomic E-state index is -0.0111. The lowest BCUT2D eigenvalue weighted by Crippen LogP contribution is -2.54. The van der Waals surface area contributed by atoms with Gasteiger partial charge in [0.05, 0.1) is 6.10 Å². The van der Waals surface area contributed by atoms with Crippen LogP contribution in [0, 0.1) is 58.2 Å². The van der Waals surface area contributed by atoms with Gasteiger partial charge in [0.2, 0.25) is 0 Å². The monoisotopic (exact) mass is 416 g/mol. The second kappa shape index (κ2) is 8.72. The summed E-state index contributed by atoms with van der Waals surface area (Å²) in [5, 5.41) is 10.3. The Hall–Kier alpha value is -0.0400. The third kappa shape index (κ3) is 3.82. The van der Waals surface area contributed by atoms with Gasteiger partial charge in [-0.2, -0.15) is 0 Å². The van der Waals surface area contributed by atoms with Gasteiger partial charge in [0.25, 0.3) is 0 Å². The molecule has 0 aromatic carbocycles. The van der Waals surface area contributed by atoms with Crippen LogP contribution in [-0.4, -0.2) is 11.2 Å². The molecule has 174 valence electrons. The molecule has 0 aromatic heterocycles. The molecule has 1 nitrogen and oxygen atoms in total. The molecule has 0 aliphatic heterocycles. The maximum atomic E-state index is 10.3. The van der Waals surface area contributed by atoms with Crippen molar-refractivity contribution in [3.63, 3.8) is 0 Å². The molecule has 4 rings (SSSR count). The van der Waals surface area contributed by atoms with E-state index in [4.69, 9.17) is 0 Å². The van der Waals surface area contributed by atoms with Gasteiger partial charge in [0, 0.05) is 0 Å². The van der Waals surface area contributed by atoms with Crippen LogP contribution in [0.5, 0.6) is 0 Å². The average Bonchev–Trinajstić information content (AvgIpc) is 3.06. The minimum Gasteiger partial charge on any atom is -0.393 e. The summed E-state index contributed by atoms with van der Waals surface area (Å²) in [5.74, 6) is 7.34. The topological polar surface area (TPSA) is 20.2 Å². The van der Waals surface area contributed by atoms with Gasteiger partial charge in [0.1, 0.15) is 0 Å². The molecule has 30 heavy (non-hydrogen) atoms. The molecule has 1 N–H and O–H groups in total. The van der Waals surface area contributed by atoms with Crippen molar-refractivity contribution in [1.82, 2.24) is 0 Å². The molecule has 0 aromatic rings. The van der Waals surface area contributed by atoms with E-state index in [1.165, 1.54) is 64.2 Å². The van der Waals surface area contributed by atoms with Crippen LogP contribution in [0.3, 0.4) is 0 Å². The van der Waals surface area contributed by atoms with Crippen molar-refractivity contribution in [3.8, 4) is 0 Å². The van der Waals surface area contributed by atoms with Gasteiger partial charge in [-0.25, -0.2) is 0 Å². The highest BCUT2D eigenvalue weighted by atomic mass is 16.3. The zero-order valence-electron chi connectivity index (χ0n) is 21.1. The number of rotatable bonds is 6. The Kier molecular flexibility index (Phi) is 6.72. The van der Waals surface area contributed by atoms with Crippen LogP contribution < -0.4 is 0 Å². The van der Waals surface area contributed by atoms with Crippen molar-refractivity contribution < 1.29 is 5.11 Å². The fourth-order valence-electron chi connectivity index (χ4n) is 9.90. The highest BCUT2D eigenvalue weighted by Crippen LogP contribution is 2.68. The number of fused-ring (bicyclic) bond motifs is 5. The molecule has 1 heteroatoms. The van der Waals surface area contributed by atoms with Crippen molar-refractivity contribution in [2.75, 3.05) is 0 Å². The summed E-state index contributed by atoms with van der Waals surface area (Å²) in [6.45, 7) is 15.2. The van der Waals surface area contributed by atoms with E-state index in [9.17, 15) is 5.11 Å². The van der Waals surface area contributed by atoms with Crippen LogP contribution in [0.25, 0.3) is 0 Å². The van der Waals surface area contributed by atoms with Crippen molar-refractivity contribution >= 4 is 0 Å². The Morgan fingerprint density at radius 1 is 0.833 bits per heavy atom. The smallest absolute Gasteiger partial charge is 0.0543 e. The van der Waals surface area contributed by atoms with Gasteiger partial charge in [-0.3, -0.25) is 0 Å². The van der Waals surface area contributed by atoms with Crippen LogP contribution in [0.2, 0.25) is 0 Å². The van der Waals surface area contributed by atoms with Crippen molar-refractivity contribution in [1.29, 1.82) is 0 Å². The molecular formula is C29H52O. The van der Waals surface area contributed by atoms with Gasteiger partial charge in [0.15, 0.2) is 0 Å². The molecule has 4 aliphatic carbocycles. The van der Waals surface area contributed by atoms with E-state index in [-0.39, 0.29) is 6.10 Å². The normalized spacial score (nSPS) is 48.0. The van der Waals surface area contributed by atoms with E-state index in [2.05, 4.69) is 41.5 Å². The zero-order valence-corrected chi connectivity index (χ0v) is 21.1. The molecule has 0 radical (unpaired) electrons. The fourth-order valence-corrected chi connectivity index (χ4v) is 9.90. The van der Waals surface area contributed by atoms with Gasteiger partial charge in [-0.05, 0) is 122 Å². The zero-order chi connectivity index (χ0) is 21.7. The van der Waals surface area contributed by atoms with E-state index in [1.54, 1.807) is 0 Å². The Bertz CT molecular complexity index is 583. The number of hydrogen-bond acceptors (Lipinski definition) is 1. The third-order valence-electron chi connectivity index (χ3n) is 11.9. The summed E-state index contributed by atoms with van der Waals surface area (Å²) in [4.78, 5) is 0. The maximum absolute atomic E-state index is 10.3. The van der Waals surface area contributed by atoms with Crippen LogP contribution in [0.15, 0.2) is 0 Å². The summed E-state index contributed by atoms with van der Waals surface area (Å²) in [5.41, 5.74) is 1.14. The first kappa shape index (κ1) is 23.1. The van der Waals surface area contributed by atoms with E-state index < -0.39 is 0 Å². The SMILES string of the molecule is CC[C@H](CC[C@H](C)[C@@H]1CC[C@@H]2[C@@H]3CC[C@H]4C[C@H](O)CC[C@]4(C)[C@@H]3CC[C@]21C)C(C)C. The summed E-state index contributed by atoms with van der Waals surface area (Å²) in [6, 6.07) is 0. The number of aliphatic hydroxyl groups excluding tert-OH is 1. The lowest BCUT2D eigenvalue weighted by atomic mass is 9.44. The Morgan fingerprint density at radius 2 is 1.53 bits per heavy atom. The highest BCUT2D eigenvalue weighted by Gasteiger charge is 2.60. The van der Waals surface area contributed by atoms with Gasteiger partial charge in [-0.15, -0.1) is 0 Å². The highest BCUT2D eigenvalue weighted by molar-refractivity contribution is 5.09. The predicted molar refractivity (Wildman–Crippen MR) is 128 cm³/mol.